The summed E-state index contributed by atoms with van der Waals surface area (Å²) >= 11 is 0. The molecule has 0 saturated carbocycles. The second-order valence-corrected chi connectivity index (χ2v) is 9.11. The fourth-order valence-electron chi connectivity index (χ4n) is 4.68. The predicted octanol–water partition coefficient (Wildman–Crippen LogP) is 5.99. The molecule has 3 aromatic carbocycles. The number of rotatable bonds is 9. The van der Waals surface area contributed by atoms with Crippen LogP contribution in [0.2, 0.25) is 0 Å². The average molecular weight is 472 g/mol. The highest BCUT2D eigenvalue weighted by molar-refractivity contribution is 5.85. The Kier molecular flexibility index (Phi) is 6.55. The van der Waals surface area contributed by atoms with Crippen LogP contribution in [-0.2, 0) is 22.4 Å². The Balaban J connectivity index is 1.18. The number of oxazole rings is 1. The SMILES string of the molecule is Cc1oc(-c2ccccc2)nc1CCCOc1ccc2cc(CC3(C(=O)O)CCCO3)ccc2c1. The second-order valence-electron chi connectivity index (χ2n) is 9.11. The van der Waals surface area contributed by atoms with E-state index < -0.39 is 11.6 Å². The van der Waals surface area contributed by atoms with Crippen LogP contribution >= 0.6 is 0 Å². The van der Waals surface area contributed by atoms with Gasteiger partial charge in [-0.05, 0) is 73.2 Å². The van der Waals surface area contributed by atoms with Crippen LogP contribution in [0.3, 0.4) is 0 Å². The van der Waals surface area contributed by atoms with Crippen molar-refractivity contribution in [2.24, 2.45) is 0 Å². The van der Waals surface area contributed by atoms with Crippen molar-refractivity contribution in [1.29, 1.82) is 0 Å². The van der Waals surface area contributed by atoms with E-state index in [1.807, 2.05) is 73.7 Å². The number of carboxylic acid groups (broad SMARTS) is 1. The molecule has 2 heterocycles. The van der Waals surface area contributed by atoms with Crippen molar-refractivity contribution in [1.82, 2.24) is 4.98 Å². The molecule has 1 aliphatic heterocycles. The molecule has 0 radical (unpaired) electrons. The number of ether oxygens (including phenoxy) is 2. The van der Waals surface area contributed by atoms with Crippen molar-refractivity contribution in [3.8, 4) is 17.2 Å². The Morgan fingerprint density at radius 1 is 1.09 bits per heavy atom. The molecule has 1 N–H and O–H groups in total. The molecular weight excluding hydrogens is 442 g/mol. The van der Waals surface area contributed by atoms with Gasteiger partial charge in [0, 0.05) is 18.6 Å². The van der Waals surface area contributed by atoms with Crippen molar-refractivity contribution >= 4 is 16.7 Å². The molecule has 1 aliphatic rings. The normalized spacial score (nSPS) is 17.6. The molecule has 6 heteroatoms. The van der Waals surface area contributed by atoms with E-state index in [2.05, 4.69) is 4.98 Å². The molecule has 5 rings (SSSR count). The summed E-state index contributed by atoms with van der Waals surface area (Å²) in [5, 5.41) is 11.8. The number of carbonyl (C=O) groups is 1. The molecule has 4 aromatic rings. The largest absolute Gasteiger partial charge is 0.494 e. The van der Waals surface area contributed by atoms with Gasteiger partial charge in [0.1, 0.15) is 11.5 Å². The number of aliphatic carboxylic acids is 1. The van der Waals surface area contributed by atoms with Crippen LogP contribution < -0.4 is 4.74 Å². The monoisotopic (exact) mass is 471 g/mol. The van der Waals surface area contributed by atoms with Gasteiger partial charge < -0.3 is 19.0 Å². The fourth-order valence-corrected chi connectivity index (χ4v) is 4.68. The summed E-state index contributed by atoms with van der Waals surface area (Å²) in [6.45, 7) is 3.03. The first-order valence-corrected chi connectivity index (χ1v) is 12.1. The summed E-state index contributed by atoms with van der Waals surface area (Å²) in [6.07, 6.45) is 3.33. The van der Waals surface area contributed by atoms with Crippen molar-refractivity contribution in [3.05, 3.63) is 83.7 Å². The minimum absolute atomic E-state index is 0.379. The van der Waals surface area contributed by atoms with Gasteiger partial charge in [-0.15, -0.1) is 0 Å². The number of nitrogens with zero attached hydrogens (tertiary/aromatic N) is 1. The predicted molar refractivity (Wildman–Crippen MR) is 134 cm³/mol. The number of hydrogen-bond donors (Lipinski definition) is 1. The fraction of sp³-hybridized carbons (Fsp3) is 0.310. The van der Waals surface area contributed by atoms with E-state index in [-0.39, 0.29) is 0 Å². The third kappa shape index (κ3) is 5.08. The van der Waals surface area contributed by atoms with Gasteiger partial charge in [-0.25, -0.2) is 9.78 Å². The summed E-state index contributed by atoms with van der Waals surface area (Å²) in [5.41, 5.74) is 1.81. The van der Waals surface area contributed by atoms with Crippen molar-refractivity contribution in [2.45, 2.75) is 44.6 Å². The van der Waals surface area contributed by atoms with Gasteiger partial charge in [0.15, 0.2) is 5.60 Å². The molecule has 1 fully saturated rings. The molecule has 1 atom stereocenters. The minimum atomic E-state index is -1.10. The molecule has 1 aromatic heterocycles. The Hall–Kier alpha value is -3.64. The maximum Gasteiger partial charge on any atom is 0.336 e. The number of benzene rings is 3. The topological polar surface area (TPSA) is 81.8 Å². The Morgan fingerprint density at radius 2 is 1.89 bits per heavy atom. The van der Waals surface area contributed by atoms with Crippen LogP contribution in [0.5, 0.6) is 5.75 Å². The zero-order valence-electron chi connectivity index (χ0n) is 19.8. The molecule has 1 saturated heterocycles. The van der Waals surface area contributed by atoms with Crippen LogP contribution in [0.1, 0.15) is 36.3 Å². The maximum absolute atomic E-state index is 11.8. The Bertz CT molecular complexity index is 1320. The van der Waals surface area contributed by atoms with Gasteiger partial charge in [0.2, 0.25) is 5.89 Å². The molecule has 0 bridgehead atoms. The highest BCUT2D eigenvalue weighted by Gasteiger charge is 2.42. The van der Waals surface area contributed by atoms with Crippen LogP contribution in [0.15, 0.2) is 71.1 Å². The lowest BCUT2D eigenvalue weighted by Crippen LogP contribution is -2.40. The molecule has 0 amide bonds. The first-order chi connectivity index (χ1) is 17.0. The molecular formula is C29H29NO5. The third-order valence-electron chi connectivity index (χ3n) is 6.60. The van der Waals surface area contributed by atoms with E-state index in [1.54, 1.807) is 0 Å². The van der Waals surface area contributed by atoms with Gasteiger partial charge in [-0.1, -0.05) is 42.5 Å². The van der Waals surface area contributed by atoms with Crippen LogP contribution in [0.25, 0.3) is 22.2 Å². The molecule has 6 nitrogen and oxygen atoms in total. The van der Waals surface area contributed by atoms with Crippen molar-refractivity contribution in [3.63, 3.8) is 0 Å². The van der Waals surface area contributed by atoms with Gasteiger partial charge >= 0.3 is 5.97 Å². The lowest BCUT2D eigenvalue weighted by molar-refractivity contribution is -0.159. The van der Waals surface area contributed by atoms with Crippen LogP contribution in [-0.4, -0.2) is 34.9 Å². The molecule has 0 aliphatic carbocycles. The lowest BCUT2D eigenvalue weighted by Gasteiger charge is -2.23. The number of hydrogen-bond acceptors (Lipinski definition) is 5. The quantitative estimate of drug-likeness (QED) is 0.302. The first-order valence-electron chi connectivity index (χ1n) is 12.1. The highest BCUT2D eigenvalue weighted by atomic mass is 16.5. The van der Waals surface area contributed by atoms with Crippen LogP contribution in [0.4, 0.5) is 0 Å². The summed E-state index contributed by atoms with van der Waals surface area (Å²) in [4.78, 5) is 16.4. The minimum Gasteiger partial charge on any atom is -0.494 e. The maximum atomic E-state index is 11.8. The first kappa shape index (κ1) is 23.1. The smallest absolute Gasteiger partial charge is 0.336 e. The van der Waals surface area contributed by atoms with Gasteiger partial charge in [0.25, 0.3) is 0 Å². The van der Waals surface area contributed by atoms with Gasteiger partial charge in [-0.2, -0.15) is 0 Å². The summed E-state index contributed by atoms with van der Waals surface area (Å²) < 4.78 is 17.5. The van der Waals surface area contributed by atoms with E-state index >= 15 is 0 Å². The Morgan fingerprint density at radius 3 is 2.66 bits per heavy atom. The number of fused-ring (bicyclic) bond motifs is 1. The molecule has 180 valence electrons. The third-order valence-corrected chi connectivity index (χ3v) is 6.60. The van der Waals surface area contributed by atoms with E-state index in [9.17, 15) is 9.90 Å². The van der Waals surface area contributed by atoms with E-state index in [1.165, 1.54) is 0 Å². The van der Waals surface area contributed by atoms with E-state index in [0.29, 0.717) is 31.9 Å². The number of aromatic nitrogens is 1. The summed E-state index contributed by atoms with van der Waals surface area (Å²) in [6, 6.07) is 22.0. The standard InChI is InChI=1S/C29H29NO5/c1-20-26(30-27(35-20)22-7-3-2-4-8-22)9-5-15-33-25-13-12-23-17-21(10-11-24(23)18-25)19-29(28(31)32)14-6-16-34-29/h2-4,7-8,10-13,17-18H,5-6,9,14-16,19H2,1H3,(H,31,32). The van der Waals surface area contributed by atoms with Gasteiger partial charge in [0.05, 0.1) is 12.3 Å². The van der Waals surface area contributed by atoms with E-state index in [0.717, 1.165) is 58.4 Å². The summed E-state index contributed by atoms with van der Waals surface area (Å²) in [5.74, 6) is 1.43. The molecule has 35 heavy (non-hydrogen) atoms. The highest BCUT2D eigenvalue weighted by Crippen LogP contribution is 2.31. The molecule has 0 spiro atoms. The second kappa shape index (κ2) is 9.92. The number of aryl methyl sites for hydroxylation is 2. The van der Waals surface area contributed by atoms with Crippen LogP contribution in [0, 0.1) is 6.92 Å². The van der Waals surface area contributed by atoms with Gasteiger partial charge in [-0.3, -0.25) is 0 Å². The lowest BCUT2D eigenvalue weighted by atomic mass is 9.91. The zero-order chi connectivity index (χ0) is 24.3. The molecule has 1 unspecified atom stereocenters. The van der Waals surface area contributed by atoms with Crippen molar-refractivity contribution in [2.75, 3.05) is 13.2 Å². The van der Waals surface area contributed by atoms with E-state index in [4.69, 9.17) is 13.9 Å². The zero-order valence-corrected chi connectivity index (χ0v) is 19.8. The summed E-state index contributed by atoms with van der Waals surface area (Å²) in [7, 11) is 0. The Labute approximate surface area is 204 Å². The van der Waals surface area contributed by atoms with Crippen molar-refractivity contribution < 1.29 is 23.8 Å². The number of carboxylic acids is 1. The average Bonchev–Trinajstić information content (AvgIpc) is 3.50.